The zero-order valence-electron chi connectivity index (χ0n) is 0.732. The average Bonchev–Trinajstić information content (AvgIpc) is 0. The molecule has 0 nitrogen and oxygen atoms in total. The van der Waals surface area contributed by atoms with Gasteiger partial charge in [-0.25, -0.2) is 0 Å². The predicted molar refractivity (Wildman–Crippen MR) is 29.8 cm³/mol. The number of rotatable bonds is 0. The minimum Gasteiger partial charge on any atom is 0 e. The Balaban J connectivity index is 0. The molecule has 0 saturated heterocycles. The van der Waals surface area contributed by atoms with E-state index in [0.717, 1.165) is 0 Å². The van der Waals surface area contributed by atoms with Crippen molar-refractivity contribution in [2.45, 2.75) is 0 Å². The molecule has 0 spiro atoms. The van der Waals surface area contributed by atoms with Crippen molar-refractivity contribution in [3.8, 4) is 0 Å². The summed E-state index contributed by atoms with van der Waals surface area (Å²) in [6.45, 7) is 0. The standard InChI is InChI=1S/Al.Fe.GeH4.Mg.Mn.5H/h;;1H4;;;;;;;. The second-order valence-electron chi connectivity index (χ2n) is 0. The Morgan fingerprint density at radius 3 is 1.00 bits per heavy atom. The predicted octanol–water partition coefficient (Wildman–Crippen LogP) is -3.56. The molecule has 0 aromatic rings. The first-order chi connectivity index (χ1) is 0. The maximum atomic E-state index is 0. The Hall–Kier alpha value is 2.88. The zero-order chi connectivity index (χ0) is 0. The summed E-state index contributed by atoms with van der Waals surface area (Å²) in [6.07, 6.45) is 0. The fraction of sp³-hybridized carbons (Fsp3) is 0. The van der Waals surface area contributed by atoms with E-state index in [2.05, 4.69) is 0 Å². The first-order valence-electron chi connectivity index (χ1n) is 0. The molecule has 5 heavy (non-hydrogen) atoms. The van der Waals surface area contributed by atoms with Crippen LogP contribution in [-0.4, -0.2) is 58.0 Å². The van der Waals surface area contributed by atoms with Crippen LogP contribution in [-0.2, 0) is 34.1 Å². The van der Waals surface area contributed by atoms with Crippen LogP contribution < -0.4 is 0 Å². The van der Waals surface area contributed by atoms with Gasteiger partial charge in [0.1, 0.15) is 0 Å². The first kappa shape index (κ1) is 45.0. The summed E-state index contributed by atoms with van der Waals surface area (Å²) in [7, 11) is 0. The smallest absolute Gasteiger partial charge is 0 e. The Bertz CT molecular complexity index is 11.6. The molecule has 0 amide bonds. The minimum absolute atomic E-state index is 0. The summed E-state index contributed by atoms with van der Waals surface area (Å²) in [4.78, 5) is 0. The molecule has 0 fully saturated rings. The minimum atomic E-state index is 0. The molecule has 0 saturated carbocycles. The van der Waals surface area contributed by atoms with E-state index < -0.39 is 0 Å². The van der Waals surface area contributed by atoms with Crippen molar-refractivity contribution in [2.75, 3.05) is 0 Å². The molecule has 0 atom stereocenters. The van der Waals surface area contributed by atoms with Gasteiger partial charge in [0.2, 0.25) is 0 Å². The van der Waals surface area contributed by atoms with Gasteiger partial charge in [-0.05, 0) is 0 Å². The van der Waals surface area contributed by atoms with Crippen LogP contribution in [0.25, 0.3) is 0 Å². The van der Waals surface area contributed by atoms with Crippen LogP contribution in [0.2, 0.25) is 0 Å². The molecule has 0 N–H and O–H groups in total. The fourth-order valence-corrected chi connectivity index (χ4v) is 0. The molecule has 0 unspecified atom stereocenters. The Morgan fingerprint density at radius 1 is 1.00 bits per heavy atom. The van der Waals surface area contributed by atoms with Crippen LogP contribution in [0.5, 0.6) is 0 Å². The van der Waals surface area contributed by atoms with Gasteiger partial charge >= 0.3 is 40.6 Å². The molecular formula is H9AlFeGeMgMn. The summed E-state index contributed by atoms with van der Waals surface area (Å²) >= 11 is 0. The summed E-state index contributed by atoms with van der Waals surface area (Å²) in [5, 5.41) is 0. The van der Waals surface area contributed by atoms with Gasteiger partial charge in [0, 0.05) is 34.1 Å². The largest absolute Gasteiger partial charge is 0.316 e. The zero-order valence-corrected chi connectivity index (χ0v) is 3.02. The van der Waals surface area contributed by atoms with Gasteiger partial charge < -0.3 is 0 Å². The van der Waals surface area contributed by atoms with Crippen LogP contribution in [0, 0.1) is 0 Å². The summed E-state index contributed by atoms with van der Waals surface area (Å²) in [5.41, 5.74) is 0. The van der Waals surface area contributed by atoms with E-state index in [4.69, 9.17) is 0 Å². The molecule has 0 aromatic carbocycles. The van der Waals surface area contributed by atoms with Crippen LogP contribution >= 0.6 is 0 Å². The van der Waals surface area contributed by atoms with Crippen molar-refractivity contribution in [1.82, 2.24) is 0 Å². The molecule has 0 heterocycles. The molecule has 33 valence electrons. The summed E-state index contributed by atoms with van der Waals surface area (Å²) in [6, 6.07) is 0. The topological polar surface area (TPSA) is 0 Å². The second kappa shape index (κ2) is 28.7. The molecule has 1 radical (unpaired) electrons. The van der Waals surface area contributed by atoms with E-state index in [1.807, 2.05) is 0 Å². The van der Waals surface area contributed by atoms with E-state index in [1.165, 1.54) is 0 Å². The third-order valence-electron chi connectivity index (χ3n) is 0. The van der Waals surface area contributed by atoms with Crippen molar-refractivity contribution >= 4 is 58.0 Å². The maximum Gasteiger partial charge on any atom is 0.316 e. The van der Waals surface area contributed by atoms with Crippen LogP contribution in [0.3, 0.4) is 0 Å². The first-order valence-corrected chi connectivity index (χ1v) is 0. The quantitative estimate of drug-likeness (QED) is 0.387. The normalized spacial score (nSPS) is 0. The van der Waals surface area contributed by atoms with E-state index in [-0.39, 0.29) is 92.1 Å². The second-order valence-corrected chi connectivity index (χ2v) is 0. The average molecular weight is 244 g/mol. The van der Waals surface area contributed by atoms with Crippen molar-refractivity contribution in [3.05, 3.63) is 0 Å². The number of hydrogen-bond acceptors (Lipinski definition) is 0. The van der Waals surface area contributed by atoms with Gasteiger partial charge in [0.25, 0.3) is 0 Å². The van der Waals surface area contributed by atoms with Crippen molar-refractivity contribution < 1.29 is 34.1 Å². The molecule has 5 heteroatoms. The monoisotopic (exact) mass is 245 g/mol. The van der Waals surface area contributed by atoms with Crippen molar-refractivity contribution in [3.63, 3.8) is 0 Å². The van der Waals surface area contributed by atoms with Crippen LogP contribution in [0.15, 0.2) is 0 Å². The van der Waals surface area contributed by atoms with Gasteiger partial charge in [0.05, 0.1) is 0 Å². The maximum absolute atomic E-state index is 0. The SMILES string of the molecule is [AlH3].[Fe].[GeH4].[MgH2].[Mn]. The molecule has 0 bridgehead atoms. The summed E-state index contributed by atoms with van der Waals surface area (Å²) in [5.74, 6) is 0. The third kappa shape index (κ3) is 19.8. The Labute approximate surface area is 90.8 Å². The third-order valence-corrected chi connectivity index (χ3v) is 0. The molecule has 0 aromatic heterocycles. The van der Waals surface area contributed by atoms with Gasteiger partial charge in [-0.15, -0.1) is 0 Å². The Kier molecular flexibility index (Phi) is 258. The van der Waals surface area contributed by atoms with Gasteiger partial charge in [-0.1, -0.05) is 0 Å². The Morgan fingerprint density at radius 2 is 1.00 bits per heavy atom. The molecule has 0 aliphatic carbocycles. The van der Waals surface area contributed by atoms with Crippen molar-refractivity contribution in [2.24, 2.45) is 0 Å². The van der Waals surface area contributed by atoms with Crippen LogP contribution in [0.4, 0.5) is 0 Å². The molecule has 0 aliphatic rings. The van der Waals surface area contributed by atoms with Gasteiger partial charge in [0.15, 0.2) is 17.4 Å². The van der Waals surface area contributed by atoms with Gasteiger partial charge in [-0.2, -0.15) is 0 Å². The van der Waals surface area contributed by atoms with E-state index in [0.29, 0.717) is 0 Å². The van der Waals surface area contributed by atoms with Gasteiger partial charge in [-0.3, -0.25) is 0 Å². The summed E-state index contributed by atoms with van der Waals surface area (Å²) < 4.78 is 0. The van der Waals surface area contributed by atoms with Crippen molar-refractivity contribution in [1.29, 1.82) is 0 Å². The van der Waals surface area contributed by atoms with E-state index in [9.17, 15) is 0 Å². The molecule has 0 aliphatic heterocycles. The molecular weight excluding hydrogens is 235 g/mol. The van der Waals surface area contributed by atoms with E-state index >= 15 is 0 Å². The van der Waals surface area contributed by atoms with Crippen LogP contribution in [0.1, 0.15) is 0 Å². The molecule has 0 rings (SSSR count). The fourth-order valence-electron chi connectivity index (χ4n) is 0. The number of hydrogen-bond donors (Lipinski definition) is 0. The van der Waals surface area contributed by atoms with E-state index in [1.54, 1.807) is 0 Å².